The van der Waals surface area contributed by atoms with Crippen molar-refractivity contribution < 1.29 is 13.3 Å². The van der Waals surface area contributed by atoms with Crippen LogP contribution in [-0.4, -0.2) is 13.3 Å². The number of hydrogen-bond donors (Lipinski definition) is 1. The van der Waals surface area contributed by atoms with Crippen LogP contribution in [0.1, 0.15) is 0 Å². The first kappa shape index (κ1) is 10.6. The zero-order valence-electron chi connectivity index (χ0n) is 6.82. The Kier molecular flexibility index (Phi) is 2.79. The summed E-state index contributed by atoms with van der Waals surface area (Å²) in [6.45, 7) is 0. The molecule has 14 heavy (non-hydrogen) atoms. The van der Waals surface area contributed by atoms with Gasteiger partial charge in [-0.3, -0.25) is 10.1 Å². The summed E-state index contributed by atoms with van der Waals surface area (Å²) in [5.74, 6) is 4.64. The largest absolute Gasteiger partial charge is 0.271 e. The predicted molar refractivity (Wildman–Crippen MR) is 46.6 cm³/mol. The van der Waals surface area contributed by atoms with E-state index in [9.17, 15) is 18.5 Å². The van der Waals surface area contributed by atoms with Gasteiger partial charge in [-0.1, -0.05) is 0 Å². The lowest BCUT2D eigenvalue weighted by atomic mass is 10.3. The Balaban J connectivity index is 3.12. The van der Waals surface area contributed by atoms with Crippen LogP contribution in [0.25, 0.3) is 0 Å². The summed E-state index contributed by atoms with van der Waals surface area (Å²) in [5, 5.41) is 10.2. The minimum Gasteiger partial charge on any atom is -0.258 e. The van der Waals surface area contributed by atoms with Gasteiger partial charge in [-0.2, -0.15) is 0 Å². The number of sulfonamides is 1. The van der Waals surface area contributed by atoms with E-state index < -0.39 is 14.9 Å². The van der Waals surface area contributed by atoms with Crippen molar-refractivity contribution in [3.05, 3.63) is 34.4 Å². The molecule has 0 aliphatic heterocycles. The third-order valence-corrected chi connectivity index (χ3v) is 2.63. The smallest absolute Gasteiger partial charge is 0.258 e. The summed E-state index contributed by atoms with van der Waals surface area (Å²) in [4.78, 5) is 12.1. The molecule has 0 aliphatic carbocycles. The lowest BCUT2D eigenvalue weighted by Gasteiger charge is -1.98. The Morgan fingerprint density at radius 1 is 1.29 bits per heavy atom. The molecular formula is C6H6N3O4S. The highest BCUT2D eigenvalue weighted by molar-refractivity contribution is 7.89. The first-order valence-corrected chi connectivity index (χ1v) is 4.83. The highest BCUT2D eigenvalue weighted by atomic mass is 32.2. The van der Waals surface area contributed by atoms with Gasteiger partial charge in [0.15, 0.2) is 0 Å². The van der Waals surface area contributed by atoms with Crippen molar-refractivity contribution in [3.63, 3.8) is 0 Å². The Morgan fingerprint density at radius 3 is 2.14 bits per heavy atom. The molecule has 0 heterocycles. The maximum atomic E-state index is 11.0. The molecule has 0 unspecified atom stereocenters. The highest BCUT2D eigenvalue weighted by Gasteiger charge is 2.14. The van der Waals surface area contributed by atoms with Crippen molar-refractivity contribution in [2.24, 2.45) is 5.84 Å². The fourth-order valence-electron chi connectivity index (χ4n) is 0.801. The van der Waals surface area contributed by atoms with E-state index in [1.807, 2.05) is 0 Å². The molecule has 0 amide bonds. The van der Waals surface area contributed by atoms with Crippen LogP contribution in [0, 0.1) is 10.1 Å². The molecule has 0 fully saturated rings. The van der Waals surface area contributed by atoms with Crippen molar-refractivity contribution in [2.45, 2.75) is 4.90 Å². The van der Waals surface area contributed by atoms with Gasteiger partial charge in [0.2, 0.25) is 0 Å². The van der Waals surface area contributed by atoms with Crippen LogP contribution in [0.15, 0.2) is 29.2 Å². The molecule has 0 spiro atoms. The van der Waals surface area contributed by atoms with E-state index in [1.54, 1.807) is 0 Å². The Labute approximate surface area is 79.7 Å². The molecular weight excluding hydrogens is 210 g/mol. The third kappa shape index (κ3) is 2.05. The number of nitro groups is 1. The van der Waals surface area contributed by atoms with E-state index >= 15 is 0 Å². The Bertz CT molecular complexity index is 439. The molecule has 0 aliphatic rings. The Hall–Kier alpha value is -1.51. The van der Waals surface area contributed by atoms with Crippen LogP contribution < -0.4 is 10.7 Å². The second-order valence-corrected chi connectivity index (χ2v) is 3.96. The van der Waals surface area contributed by atoms with Crippen LogP contribution in [0.3, 0.4) is 0 Å². The molecule has 0 saturated heterocycles. The van der Waals surface area contributed by atoms with Crippen molar-refractivity contribution in [3.8, 4) is 0 Å². The average molecular weight is 216 g/mol. The SMILES string of the molecule is N[N]S(=O)(=O)c1ccc([N+](=O)[O-])cc1. The molecule has 1 aromatic carbocycles. The molecule has 1 rings (SSSR count). The highest BCUT2D eigenvalue weighted by Crippen LogP contribution is 2.15. The number of rotatable bonds is 3. The van der Waals surface area contributed by atoms with Crippen molar-refractivity contribution in [2.75, 3.05) is 0 Å². The number of benzene rings is 1. The van der Waals surface area contributed by atoms with E-state index in [-0.39, 0.29) is 10.6 Å². The predicted octanol–water partition coefficient (Wildman–Crippen LogP) is -0.238. The first-order valence-electron chi connectivity index (χ1n) is 3.39. The summed E-state index contributed by atoms with van der Waals surface area (Å²) < 4.78 is 22.0. The maximum Gasteiger partial charge on any atom is 0.271 e. The van der Waals surface area contributed by atoms with E-state index in [0.29, 0.717) is 0 Å². The summed E-state index contributed by atoms with van der Waals surface area (Å²) in [5.41, 5.74) is -0.194. The lowest BCUT2D eigenvalue weighted by molar-refractivity contribution is -0.384. The van der Waals surface area contributed by atoms with Crippen LogP contribution in [0.4, 0.5) is 5.69 Å². The normalized spacial score (nSPS) is 11.2. The zero-order valence-corrected chi connectivity index (χ0v) is 7.64. The number of nitrogens with two attached hydrogens (primary N) is 1. The van der Waals surface area contributed by atoms with Gasteiger partial charge < -0.3 is 0 Å². The quantitative estimate of drug-likeness (QED) is 0.425. The van der Waals surface area contributed by atoms with Crippen molar-refractivity contribution in [1.82, 2.24) is 4.83 Å². The average Bonchev–Trinajstić information content (AvgIpc) is 2.18. The second-order valence-electron chi connectivity index (χ2n) is 2.33. The van der Waals surface area contributed by atoms with Crippen molar-refractivity contribution in [1.29, 1.82) is 0 Å². The molecule has 2 N–H and O–H groups in total. The number of non-ortho nitro benzene ring substituents is 1. The second kappa shape index (κ2) is 3.70. The molecule has 8 heteroatoms. The molecule has 7 nitrogen and oxygen atoms in total. The first-order chi connectivity index (χ1) is 6.47. The summed E-state index contributed by atoms with van der Waals surface area (Å²) in [7, 11) is -3.86. The summed E-state index contributed by atoms with van der Waals surface area (Å²) in [6.07, 6.45) is 0. The molecule has 0 atom stereocenters. The fraction of sp³-hybridized carbons (Fsp3) is 0. The fourth-order valence-corrected chi connectivity index (χ4v) is 1.40. The zero-order chi connectivity index (χ0) is 10.8. The van der Waals surface area contributed by atoms with Gasteiger partial charge >= 0.3 is 0 Å². The summed E-state index contributed by atoms with van der Waals surface area (Å²) >= 11 is 0. The number of hydrogen-bond acceptors (Lipinski definition) is 5. The van der Waals surface area contributed by atoms with Crippen LogP contribution >= 0.6 is 0 Å². The van der Waals surface area contributed by atoms with Gasteiger partial charge in [0.25, 0.3) is 15.7 Å². The lowest BCUT2D eigenvalue weighted by Crippen LogP contribution is -2.22. The van der Waals surface area contributed by atoms with Crippen LogP contribution in [0.5, 0.6) is 0 Å². The summed E-state index contributed by atoms with van der Waals surface area (Å²) in [6, 6.07) is 4.28. The number of nitro benzene ring substituents is 1. The van der Waals surface area contributed by atoms with E-state index in [1.165, 1.54) is 0 Å². The van der Waals surface area contributed by atoms with Crippen molar-refractivity contribution >= 4 is 15.7 Å². The van der Waals surface area contributed by atoms with E-state index in [2.05, 4.69) is 10.7 Å². The minimum atomic E-state index is -3.86. The van der Waals surface area contributed by atoms with Gasteiger partial charge in [-0.25, -0.2) is 14.3 Å². The molecule has 1 radical (unpaired) electrons. The van der Waals surface area contributed by atoms with Gasteiger partial charge in [0.05, 0.1) is 9.82 Å². The van der Waals surface area contributed by atoms with E-state index in [4.69, 9.17) is 0 Å². The molecule has 75 valence electrons. The van der Waals surface area contributed by atoms with Gasteiger partial charge in [0, 0.05) is 12.1 Å². The Morgan fingerprint density at radius 2 is 1.79 bits per heavy atom. The maximum absolute atomic E-state index is 11.0. The number of nitrogens with zero attached hydrogens (tertiary/aromatic N) is 2. The topological polar surface area (TPSA) is 117 Å². The van der Waals surface area contributed by atoms with Gasteiger partial charge in [-0.05, 0) is 17.0 Å². The van der Waals surface area contributed by atoms with Crippen LogP contribution in [-0.2, 0) is 10.0 Å². The monoisotopic (exact) mass is 216 g/mol. The van der Waals surface area contributed by atoms with Crippen LogP contribution in [0.2, 0.25) is 0 Å². The van der Waals surface area contributed by atoms with Gasteiger partial charge in [0.1, 0.15) is 0 Å². The van der Waals surface area contributed by atoms with Gasteiger partial charge in [-0.15, -0.1) is 0 Å². The molecule has 0 aromatic heterocycles. The van der Waals surface area contributed by atoms with E-state index in [0.717, 1.165) is 24.3 Å². The molecule has 0 bridgehead atoms. The molecule has 0 saturated carbocycles. The molecule has 1 aromatic rings. The minimum absolute atomic E-state index is 0.175. The standard InChI is InChI=1S/C6H6N3O4S/c7-8-14(12,13)6-3-1-5(2-4-6)9(10)11/h1-4H,7H2. The third-order valence-electron chi connectivity index (χ3n) is 1.48.